The van der Waals surface area contributed by atoms with Gasteiger partial charge in [0, 0.05) is 26.3 Å². The van der Waals surface area contributed by atoms with Crippen LogP contribution in [-0.4, -0.2) is 37.6 Å². The summed E-state index contributed by atoms with van der Waals surface area (Å²) >= 11 is 0. The molecular weight excluding hydrogens is 277 g/mol. The van der Waals surface area contributed by atoms with E-state index >= 15 is 0 Å². The summed E-state index contributed by atoms with van der Waals surface area (Å²) in [6.45, 7) is 1.91. The second-order valence-electron chi connectivity index (χ2n) is 4.92. The third-order valence-corrected chi connectivity index (χ3v) is 3.28. The molecule has 7 heteroatoms. The third-order valence-electron chi connectivity index (χ3n) is 3.28. The van der Waals surface area contributed by atoms with Crippen molar-refractivity contribution in [3.63, 3.8) is 0 Å². The van der Waals surface area contributed by atoms with E-state index < -0.39 is 5.82 Å². The maximum atomic E-state index is 13.5. The van der Waals surface area contributed by atoms with E-state index in [1.54, 1.807) is 7.11 Å². The molecule has 0 aliphatic carbocycles. The molecule has 1 aliphatic rings. The number of amides is 2. The predicted octanol–water partition coefficient (Wildman–Crippen LogP) is 1.10. The molecule has 1 aromatic carbocycles. The molecule has 1 aliphatic heterocycles. The Labute approximate surface area is 122 Å². The lowest BCUT2D eigenvalue weighted by molar-refractivity contribution is -0.118. The van der Waals surface area contributed by atoms with Crippen molar-refractivity contribution < 1.29 is 18.7 Å². The highest BCUT2D eigenvalue weighted by molar-refractivity contribution is 5.96. The van der Waals surface area contributed by atoms with Gasteiger partial charge in [-0.15, -0.1) is 0 Å². The van der Waals surface area contributed by atoms with Gasteiger partial charge in [-0.1, -0.05) is 0 Å². The Kier molecular flexibility index (Phi) is 4.87. The molecule has 2 amide bonds. The SMILES string of the molecule is COC1CNC(C(=O)Nc2ccc(F)c(NC(C)=O)c2)C1. The van der Waals surface area contributed by atoms with Crippen molar-refractivity contribution in [1.82, 2.24) is 5.32 Å². The van der Waals surface area contributed by atoms with Gasteiger partial charge in [-0.2, -0.15) is 0 Å². The molecule has 114 valence electrons. The van der Waals surface area contributed by atoms with Crippen LogP contribution in [0.2, 0.25) is 0 Å². The fourth-order valence-electron chi connectivity index (χ4n) is 2.20. The smallest absolute Gasteiger partial charge is 0.241 e. The highest BCUT2D eigenvalue weighted by Gasteiger charge is 2.29. The average molecular weight is 295 g/mol. The highest BCUT2D eigenvalue weighted by Crippen LogP contribution is 2.20. The Morgan fingerprint density at radius 1 is 1.38 bits per heavy atom. The summed E-state index contributed by atoms with van der Waals surface area (Å²) < 4.78 is 18.7. The molecule has 0 radical (unpaired) electrons. The van der Waals surface area contributed by atoms with Crippen molar-refractivity contribution in [2.45, 2.75) is 25.5 Å². The molecule has 0 bridgehead atoms. The Balaban J connectivity index is 2.02. The summed E-state index contributed by atoms with van der Waals surface area (Å²) in [7, 11) is 1.60. The summed E-state index contributed by atoms with van der Waals surface area (Å²) in [6.07, 6.45) is 0.603. The summed E-state index contributed by atoms with van der Waals surface area (Å²) in [4.78, 5) is 23.1. The minimum atomic E-state index is -0.554. The first kappa shape index (κ1) is 15.4. The number of ether oxygens (including phenoxy) is 1. The van der Waals surface area contributed by atoms with Crippen molar-refractivity contribution in [1.29, 1.82) is 0 Å². The number of benzene rings is 1. The second kappa shape index (κ2) is 6.64. The zero-order valence-corrected chi connectivity index (χ0v) is 11.9. The van der Waals surface area contributed by atoms with Gasteiger partial charge < -0.3 is 20.7 Å². The van der Waals surface area contributed by atoms with E-state index in [0.29, 0.717) is 18.7 Å². The van der Waals surface area contributed by atoms with Gasteiger partial charge in [0.25, 0.3) is 0 Å². The molecule has 2 atom stereocenters. The molecule has 1 saturated heterocycles. The lowest BCUT2D eigenvalue weighted by Crippen LogP contribution is -2.35. The minimum absolute atomic E-state index is 0.0175. The zero-order valence-electron chi connectivity index (χ0n) is 11.9. The number of hydrogen-bond acceptors (Lipinski definition) is 4. The Hall–Kier alpha value is -1.99. The van der Waals surface area contributed by atoms with E-state index in [2.05, 4.69) is 16.0 Å². The van der Waals surface area contributed by atoms with E-state index in [9.17, 15) is 14.0 Å². The maximum absolute atomic E-state index is 13.5. The lowest BCUT2D eigenvalue weighted by Gasteiger charge is -2.12. The van der Waals surface area contributed by atoms with E-state index in [0.717, 1.165) is 0 Å². The number of rotatable bonds is 4. The van der Waals surface area contributed by atoms with E-state index in [1.807, 2.05) is 0 Å². The van der Waals surface area contributed by atoms with Gasteiger partial charge in [-0.05, 0) is 24.6 Å². The molecule has 2 rings (SSSR count). The van der Waals surface area contributed by atoms with Crippen LogP contribution in [0.4, 0.5) is 15.8 Å². The molecular formula is C14H18FN3O3. The molecule has 0 saturated carbocycles. The highest BCUT2D eigenvalue weighted by atomic mass is 19.1. The number of methoxy groups -OCH3 is 1. The molecule has 1 fully saturated rings. The number of carbonyl (C=O) groups excluding carboxylic acids is 2. The third kappa shape index (κ3) is 3.99. The van der Waals surface area contributed by atoms with Crippen LogP contribution in [-0.2, 0) is 14.3 Å². The van der Waals surface area contributed by atoms with Crippen LogP contribution in [0.25, 0.3) is 0 Å². The van der Waals surface area contributed by atoms with Gasteiger partial charge in [-0.25, -0.2) is 4.39 Å². The van der Waals surface area contributed by atoms with Crippen LogP contribution in [0.1, 0.15) is 13.3 Å². The molecule has 6 nitrogen and oxygen atoms in total. The summed E-state index contributed by atoms with van der Waals surface area (Å²) in [6, 6.07) is 3.68. The van der Waals surface area contributed by atoms with Crippen LogP contribution in [0, 0.1) is 5.82 Å². The van der Waals surface area contributed by atoms with E-state index in [4.69, 9.17) is 4.74 Å². The van der Waals surface area contributed by atoms with Crippen LogP contribution in [0.3, 0.4) is 0 Å². The zero-order chi connectivity index (χ0) is 15.4. The fraction of sp³-hybridized carbons (Fsp3) is 0.429. The molecule has 0 spiro atoms. The van der Waals surface area contributed by atoms with Crippen molar-refractivity contribution in [3.05, 3.63) is 24.0 Å². The summed E-state index contributed by atoms with van der Waals surface area (Å²) in [5.41, 5.74) is 0.460. The monoisotopic (exact) mass is 295 g/mol. The Bertz CT molecular complexity index is 550. The Morgan fingerprint density at radius 3 is 2.76 bits per heavy atom. The van der Waals surface area contributed by atoms with Crippen LogP contribution >= 0.6 is 0 Å². The van der Waals surface area contributed by atoms with Gasteiger partial charge >= 0.3 is 0 Å². The largest absolute Gasteiger partial charge is 0.380 e. The van der Waals surface area contributed by atoms with Gasteiger partial charge in [0.1, 0.15) is 5.82 Å². The molecule has 1 aromatic rings. The molecule has 2 unspecified atom stereocenters. The number of carbonyl (C=O) groups is 2. The molecule has 3 N–H and O–H groups in total. The van der Waals surface area contributed by atoms with Crippen molar-refractivity contribution in [2.24, 2.45) is 0 Å². The van der Waals surface area contributed by atoms with Crippen molar-refractivity contribution >= 4 is 23.2 Å². The van der Waals surface area contributed by atoms with E-state index in [-0.39, 0.29) is 29.6 Å². The predicted molar refractivity (Wildman–Crippen MR) is 76.5 cm³/mol. The minimum Gasteiger partial charge on any atom is -0.380 e. The molecule has 1 heterocycles. The number of halogens is 1. The topological polar surface area (TPSA) is 79.5 Å². The molecule has 0 aromatic heterocycles. The quantitative estimate of drug-likeness (QED) is 0.777. The number of anilines is 2. The fourth-order valence-corrected chi connectivity index (χ4v) is 2.20. The lowest BCUT2D eigenvalue weighted by atomic mass is 10.2. The maximum Gasteiger partial charge on any atom is 0.241 e. The van der Waals surface area contributed by atoms with Crippen LogP contribution in [0.15, 0.2) is 18.2 Å². The van der Waals surface area contributed by atoms with Crippen molar-refractivity contribution in [3.8, 4) is 0 Å². The van der Waals surface area contributed by atoms with Gasteiger partial charge in [0.2, 0.25) is 11.8 Å². The van der Waals surface area contributed by atoms with E-state index in [1.165, 1.54) is 25.1 Å². The van der Waals surface area contributed by atoms with Crippen LogP contribution < -0.4 is 16.0 Å². The first-order chi connectivity index (χ1) is 9.99. The first-order valence-corrected chi connectivity index (χ1v) is 6.63. The number of nitrogens with one attached hydrogen (secondary N) is 3. The Morgan fingerprint density at radius 2 is 2.14 bits per heavy atom. The van der Waals surface area contributed by atoms with Crippen molar-refractivity contribution in [2.75, 3.05) is 24.3 Å². The molecule has 21 heavy (non-hydrogen) atoms. The average Bonchev–Trinajstić information content (AvgIpc) is 2.91. The standard InChI is InChI=1S/C14H18FN3O3/c1-8(19)17-12-5-9(3-4-11(12)15)18-14(20)13-6-10(21-2)7-16-13/h3-5,10,13,16H,6-7H2,1-2H3,(H,17,19)(H,18,20). The normalized spacial score (nSPS) is 21.1. The number of hydrogen-bond donors (Lipinski definition) is 3. The first-order valence-electron chi connectivity index (χ1n) is 6.63. The van der Waals surface area contributed by atoms with Crippen LogP contribution in [0.5, 0.6) is 0 Å². The second-order valence-corrected chi connectivity index (χ2v) is 4.92. The summed E-state index contributed by atoms with van der Waals surface area (Å²) in [5.74, 6) is -1.14. The van der Waals surface area contributed by atoms with Gasteiger partial charge in [0.05, 0.1) is 17.8 Å². The summed E-state index contributed by atoms with van der Waals surface area (Å²) in [5, 5.41) is 8.12. The van der Waals surface area contributed by atoms with Gasteiger partial charge in [-0.3, -0.25) is 9.59 Å². The van der Waals surface area contributed by atoms with Gasteiger partial charge in [0.15, 0.2) is 0 Å².